The highest BCUT2D eigenvalue weighted by Crippen LogP contribution is 2.37. The van der Waals surface area contributed by atoms with Crippen molar-refractivity contribution in [1.82, 2.24) is 10.2 Å². The molecule has 0 aliphatic carbocycles. The van der Waals surface area contributed by atoms with E-state index in [4.69, 9.17) is 4.74 Å². The van der Waals surface area contributed by atoms with Gasteiger partial charge in [-0.2, -0.15) is 0 Å². The second-order valence-electron chi connectivity index (χ2n) is 8.54. The molecule has 2 aromatic rings. The largest absolute Gasteiger partial charge is 0.456 e. The van der Waals surface area contributed by atoms with Crippen LogP contribution in [0.4, 0.5) is 9.80 Å². The van der Waals surface area contributed by atoms with Crippen LogP contribution in [0.25, 0.3) is 0 Å². The molecular weight excluding hydrogens is 486 g/mol. The Kier molecular flexibility index (Phi) is 6.96. The Morgan fingerprint density at radius 3 is 2.60 bits per heavy atom. The average molecular weight is 515 g/mol. The molecule has 164 valence electrons. The van der Waals surface area contributed by atoms with Crippen LogP contribution in [0.3, 0.4) is 0 Å². The van der Waals surface area contributed by atoms with Crippen molar-refractivity contribution in [1.29, 1.82) is 0 Å². The number of carbonyl (C=O) groups is 2. The molecule has 30 heavy (non-hydrogen) atoms. The number of rotatable bonds is 4. The first-order valence-electron chi connectivity index (χ1n) is 9.82. The zero-order valence-electron chi connectivity index (χ0n) is 18.2. The Morgan fingerprint density at radius 1 is 1.23 bits per heavy atom. The highest BCUT2D eigenvalue weighted by molar-refractivity contribution is 9.11. The van der Waals surface area contributed by atoms with Crippen molar-refractivity contribution in [3.8, 4) is 0 Å². The third-order valence-corrected chi connectivity index (χ3v) is 8.08. The zero-order chi connectivity index (χ0) is 22.2. The molecule has 0 saturated carbocycles. The van der Waals surface area contributed by atoms with Gasteiger partial charge in [0.25, 0.3) is 0 Å². The highest BCUT2D eigenvalue weighted by atomic mass is 79.9. The maximum atomic E-state index is 12.7. The molecule has 0 aromatic carbocycles. The van der Waals surface area contributed by atoms with Crippen LogP contribution in [0, 0.1) is 13.8 Å². The summed E-state index contributed by atoms with van der Waals surface area (Å²) in [5.41, 5.74) is 3.15. The second-order valence-corrected chi connectivity index (χ2v) is 12.2. The van der Waals surface area contributed by atoms with Crippen LogP contribution in [0.1, 0.15) is 57.6 Å². The first-order chi connectivity index (χ1) is 14.0. The monoisotopic (exact) mass is 513 g/mol. The number of nitrogens with zero attached hydrogens (tertiary/aromatic N) is 1. The number of hydrogen-bond donors (Lipinski definition) is 2. The van der Waals surface area contributed by atoms with Crippen LogP contribution in [-0.4, -0.2) is 36.1 Å². The van der Waals surface area contributed by atoms with Gasteiger partial charge >= 0.3 is 12.0 Å². The van der Waals surface area contributed by atoms with E-state index >= 15 is 0 Å². The summed E-state index contributed by atoms with van der Waals surface area (Å²) in [5, 5.41) is 6.32. The van der Waals surface area contributed by atoms with E-state index in [0.717, 1.165) is 39.3 Å². The third-order valence-electron chi connectivity index (χ3n) is 4.95. The van der Waals surface area contributed by atoms with Gasteiger partial charge in [-0.1, -0.05) is 0 Å². The molecule has 3 rings (SSSR count). The quantitative estimate of drug-likeness (QED) is 0.532. The van der Waals surface area contributed by atoms with E-state index < -0.39 is 11.6 Å². The number of aryl methyl sites for hydroxylation is 1. The Labute approximate surface area is 194 Å². The van der Waals surface area contributed by atoms with Gasteiger partial charge in [-0.3, -0.25) is 5.32 Å². The molecule has 2 N–H and O–H groups in total. The van der Waals surface area contributed by atoms with Gasteiger partial charge in [-0.05, 0) is 80.7 Å². The molecule has 2 amide bonds. The minimum absolute atomic E-state index is 0.333. The molecule has 0 atom stereocenters. The van der Waals surface area contributed by atoms with Crippen LogP contribution in [0.5, 0.6) is 0 Å². The first-order valence-corrected chi connectivity index (χ1v) is 12.2. The molecule has 9 heteroatoms. The minimum Gasteiger partial charge on any atom is -0.456 e. The van der Waals surface area contributed by atoms with Crippen LogP contribution < -0.4 is 10.6 Å². The van der Waals surface area contributed by atoms with Crippen LogP contribution in [0.15, 0.2) is 3.79 Å². The molecule has 2 aromatic heterocycles. The Morgan fingerprint density at radius 2 is 1.93 bits per heavy atom. The zero-order valence-corrected chi connectivity index (χ0v) is 21.4. The van der Waals surface area contributed by atoms with E-state index in [1.165, 1.54) is 21.8 Å². The number of likely N-dealkylation sites (N-methyl/N-ethyl adjacent to an activating group) is 1. The Hall–Kier alpha value is -1.42. The molecule has 0 radical (unpaired) electrons. The summed E-state index contributed by atoms with van der Waals surface area (Å²) in [5.74, 6) is -0.418. The molecule has 0 bridgehead atoms. The highest BCUT2D eigenvalue weighted by Gasteiger charge is 2.26. The van der Waals surface area contributed by atoms with Gasteiger partial charge < -0.3 is 15.0 Å². The van der Waals surface area contributed by atoms with Crippen molar-refractivity contribution in [2.75, 3.05) is 18.9 Å². The van der Waals surface area contributed by atoms with Gasteiger partial charge in [0.2, 0.25) is 0 Å². The number of fused-ring (bicyclic) bond motifs is 1. The fourth-order valence-corrected chi connectivity index (χ4v) is 6.52. The van der Waals surface area contributed by atoms with Crippen molar-refractivity contribution >= 4 is 55.6 Å². The maximum absolute atomic E-state index is 12.7. The lowest BCUT2D eigenvalue weighted by atomic mass is 10.0. The molecule has 0 unspecified atom stereocenters. The number of hydrogen-bond acceptors (Lipinski definition) is 6. The summed E-state index contributed by atoms with van der Waals surface area (Å²) >= 11 is 6.78. The van der Waals surface area contributed by atoms with E-state index in [1.54, 1.807) is 11.3 Å². The second kappa shape index (κ2) is 8.98. The standard InChI is InChI=1S/C21H28BrN3O3S2/c1-11-12(2)29-18(16(11)19(26)28-21(3,4)5)24-20(27)23-9-14-13-7-8-25(6)10-15(13)30-17(14)22/h7-10H2,1-6H3,(H2,23,24,27). The average Bonchev–Trinajstić information content (AvgIpc) is 3.06. The lowest BCUT2D eigenvalue weighted by Crippen LogP contribution is -2.30. The SMILES string of the molecule is Cc1sc(NC(=O)NCc2c(Br)sc3c2CCN(C)C3)c(C(=O)OC(C)(C)C)c1C. The third kappa shape index (κ3) is 5.25. The van der Waals surface area contributed by atoms with E-state index in [-0.39, 0.29) is 6.03 Å². The molecule has 0 saturated heterocycles. The smallest absolute Gasteiger partial charge is 0.341 e. The number of nitrogens with one attached hydrogen (secondary N) is 2. The van der Waals surface area contributed by atoms with Crippen molar-refractivity contribution in [2.45, 2.75) is 59.7 Å². The van der Waals surface area contributed by atoms with Gasteiger partial charge in [0.05, 0.1) is 9.35 Å². The molecule has 1 aliphatic heterocycles. The lowest BCUT2D eigenvalue weighted by molar-refractivity contribution is 0.00704. The fourth-order valence-electron chi connectivity index (χ4n) is 3.35. The van der Waals surface area contributed by atoms with Crippen LogP contribution in [-0.2, 0) is 24.2 Å². The van der Waals surface area contributed by atoms with Crippen molar-refractivity contribution in [2.24, 2.45) is 0 Å². The van der Waals surface area contributed by atoms with Gasteiger partial charge in [0.1, 0.15) is 10.6 Å². The molecule has 1 aliphatic rings. The van der Waals surface area contributed by atoms with Crippen molar-refractivity contribution in [3.63, 3.8) is 0 Å². The van der Waals surface area contributed by atoms with Gasteiger partial charge in [-0.25, -0.2) is 9.59 Å². The van der Waals surface area contributed by atoms with Gasteiger partial charge in [0.15, 0.2) is 0 Å². The minimum atomic E-state index is -0.600. The Bertz CT molecular complexity index is 975. The molecule has 6 nitrogen and oxygen atoms in total. The van der Waals surface area contributed by atoms with Crippen molar-refractivity contribution < 1.29 is 14.3 Å². The molecule has 0 fully saturated rings. The number of ether oxygens (including phenoxy) is 1. The fraction of sp³-hybridized carbons (Fsp3) is 0.524. The summed E-state index contributed by atoms with van der Waals surface area (Å²) in [7, 11) is 2.12. The predicted molar refractivity (Wildman–Crippen MR) is 127 cm³/mol. The summed E-state index contributed by atoms with van der Waals surface area (Å²) in [4.78, 5) is 29.9. The van der Waals surface area contributed by atoms with E-state index in [1.807, 2.05) is 34.6 Å². The predicted octanol–water partition coefficient (Wildman–Crippen LogP) is 5.45. The van der Waals surface area contributed by atoms with Crippen LogP contribution >= 0.6 is 38.6 Å². The lowest BCUT2D eigenvalue weighted by Gasteiger charge is -2.23. The summed E-state index contributed by atoms with van der Waals surface area (Å²) in [6.45, 7) is 11.7. The number of thiophene rings is 2. The van der Waals surface area contributed by atoms with E-state index in [0.29, 0.717) is 17.1 Å². The Balaban J connectivity index is 1.71. The number of carbonyl (C=O) groups excluding carboxylic acids is 2. The summed E-state index contributed by atoms with van der Waals surface area (Å²) in [6.07, 6.45) is 0.985. The number of halogens is 1. The first kappa shape index (κ1) is 23.2. The number of urea groups is 1. The molecule has 3 heterocycles. The number of anilines is 1. The van der Waals surface area contributed by atoms with Crippen LogP contribution in [0.2, 0.25) is 0 Å². The topological polar surface area (TPSA) is 70.7 Å². The van der Waals surface area contributed by atoms with Gasteiger partial charge in [-0.15, -0.1) is 22.7 Å². The van der Waals surface area contributed by atoms with Crippen molar-refractivity contribution in [3.05, 3.63) is 35.8 Å². The van der Waals surface area contributed by atoms with E-state index in [2.05, 4.69) is 38.5 Å². The summed E-state index contributed by atoms with van der Waals surface area (Å²) < 4.78 is 6.60. The van der Waals surface area contributed by atoms with Gasteiger partial charge in [0, 0.05) is 29.4 Å². The number of amides is 2. The van der Waals surface area contributed by atoms with E-state index in [9.17, 15) is 9.59 Å². The summed E-state index contributed by atoms with van der Waals surface area (Å²) in [6, 6.07) is -0.333. The maximum Gasteiger partial charge on any atom is 0.341 e. The molecule has 0 spiro atoms. The molecular formula is C21H28BrN3O3S2. The normalized spacial score (nSPS) is 14.4. The number of esters is 1.